The maximum absolute atomic E-state index is 13.6. The minimum atomic E-state index is -0.680. The minimum absolute atomic E-state index is 0.0328. The summed E-state index contributed by atoms with van der Waals surface area (Å²) in [6, 6.07) is 23.0. The van der Waals surface area contributed by atoms with Crippen LogP contribution in [-0.2, 0) is 28.3 Å². The van der Waals surface area contributed by atoms with Crippen LogP contribution in [0.2, 0.25) is 0 Å². The summed E-state index contributed by atoms with van der Waals surface area (Å²) in [5.74, 6) is 0.366. The quantitative estimate of drug-likeness (QED) is 0.216. The Morgan fingerprint density at radius 3 is 2.16 bits per heavy atom. The second kappa shape index (κ2) is 13.9. The molecule has 194 valence electrons. The van der Waals surface area contributed by atoms with E-state index in [1.807, 2.05) is 68.4 Å². The fraction of sp³-hybridized carbons (Fsp3) is 0.286. The predicted molar refractivity (Wildman–Crippen MR) is 151 cm³/mol. The van der Waals surface area contributed by atoms with Crippen molar-refractivity contribution in [2.45, 2.75) is 44.6 Å². The zero-order chi connectivity index (χ0) is 26.8. The Morgan fingerprint density at radius 2 is 1.57 bits per heavy atom. The molecular formula is C28H30BrN3O4S. The highest BCUT2D eigenvalue weighted by atomic mass is 79.9. The average Bonchev–Trinajstić information content (AvgIpc) is 2.87. The molecule has 3 aromatic rings. The van der Waals surface area contributed by atoms with Crippen LogP contribution >= 0.6 is 27.7 Å². The first-order valence-electron chi connectivity index (χ1n) is 11.9. The van der Waals surface area contributed by atoms with Crippen LogP contribution in [0.4, 0.5) is 5.69 Å². The van der Waals surface area contributed by atoms with Gasteiger partial charge in [0, 0.05) is 41.4 Å². The normalized spacial score (nSPS) is 11.7. The molecule has 0 aliphatic heterocycles. The van der Waals surface area contributed by atoms with E-state index in [1.54, 1.807) is 17.0 Å². The molecule has 0 spiro atoms. The lowest BCUT2D eigenvalue weighted by molar-refractivity contribution is -0.384. The van der Waals surface area contributed by atoms with E-state index in [9.17, 15) is 19.7 Å². The summed E-state index contributed by atoms with van der Waals surface area (Å²) < 4.78 is 0.936. The van der Waals surface area contributed by atoms with E-state index in [0.717, 1.165) is 21.2 Å². The van der Waals surface area contributed by atoms with Crippen LogP contribution in [0.15, 0.2) is 83.3 Å². The van der Waals surface area contributed by atoms with E-state index in [0.29, 0.717) is 18.7 Å². The van der Waals surface area contributed by atoms with Gasteiger partial charge in [-0.25, -0.2) is 0 Å². The van der Waals surface area contributed by atoms with E-state index in [1.165, 1.54) is 23.9 Å². The lowest BCUT2D eigenvalue weighted by Crippen LogP contribution is -2.52. The Morgan fingerprint density at radius 1 is 0.946 bits per heavy atom. The fourth-order valence-corrected chi connectivity index (χ4v) is 4.91. The van der Waals surface area contributed by atoms with Crippen molar-refractivity contribution in [3.8, 4) is 0 Å². The summed E-state index contributed by atoms with van der Waals surface area (Å²) in [4.78, 5) is 39.1. The molecule has 0 aliphatic rings. The Hall–Kier alpha value is -3.17. The van der Waals surface area contributed by atoms with Gasteiger partial charge in [0.15, 0.2) is 0 Å². The van der Waals surface area contributed by atoms with Crippen LogP contribution in [0.5, 0.6) is 0 Å². The number of nitro benzene ring substituents is 1. The van der Waals surface area contributed by atoms with Crippen LogP contribution < -0.4 is 5.32 Å². The first-order valence-corrected chi connectivity index (χ1v) is 13.9. The monoisotopic (exact) mass is 583 g/mol. The molecule has 2 amide bonds. The SMILES string of the molecule is CC(C)NC(=O)[C@@H](Cc1ccccc1)N(Cc1ccc(Br)cc1)C(=O)CSCc1ccc([N+](=O)[O-])cc1. The third-order valence-corrected chi connectivity index (χ3v) is 7.13. The standard InChI is InChI=1S/C28H30BrN3O4S/c1-20(2)30-28(34)26(16-21-6-4-3-5-7-21)31(17-22-8-12-24(29)13-9-22)27(33)19-37-18-23-10-14-25(15-11-23)32(35)36/h3-15,20,26H,16-19H2,1-2H3,(H,30,34)/t26-/m1/s1. The first-order chi connectivity index (χ1) is 17.7. The minimum Gasteiger partial charge on any atom is -0.352 e. The number of hydrogen-bond donors (Lipinski definition) is 1. The van der Waals surface area contributed by atoms with Crippen molar-refractivity contribution in [2.75, 3.05) is 5.75 Å². The number of carbonyl (C=O) groups is 2. The highest BCUT2D eigenvalue weighted by Crippen LogP contribution is 2.21. The maximum atomic E-state index is 13.6. The van der Waals surface area contributed by atoms with E-state index in [2.05, 4.69) is 21.2 Å². The Balaban J connectivity index is 1.81. The topological polar surface area (TPSA) is 92.6 Å². The second-order valence-corrected chi connectivity index (χ2v) is 10.8. The number of benzene rings is 3. The summed E-state index contributed by atoms with van der Waals surface area (Å²) >= 11 is 4.87. The summed E-state index contributed by atoms with van der Waals surface area (Å²) in [5.41, 5.74) is 2.82. The van der Waals surface area contributed by atoms with Gasteiger partial charge < -0.3 is 10.2 Å². The zero-order valence-corrected chi connectivity index (χ0v) is 23.2. The van der Waals surface area contributed by atoms with Gasteiger partial charge in [-0.05, 0) is 42.7 Å². The number of halogens is 1. The van der Waals surface area contributed by atoms with Gasteiger partial charge in [-0.15, -0.1) is 11.8 Å². The number of nitrogens with one attached hydrogen (secondary N) is 1. The maximum Gasteiger partial charge on any atom is 0.269 e. The molecule has 9 heteroatoms. The van der Waals surface area contributed by atoms with Gasteiger partial charge >= 0.3 is 0 Å². The van der Waals surface area contributed by atoms with Crippen molar-refractivity contribution in [2.24, 2.45) is 0 Å². The van der Waals surface area contributed by atoms with Gasteiger partial charge in [-0.2, -0.15) is 0 Å². The highest BCUT2D eigenvalue weighted by Gasteiger charge is 2.30. The van der Waals surface area contributed by atoms with Gasteiger partial charge in [0.2, 0.25) is 11.8 Å². The van der Waals surface area contributed by atoms with Crippen LogP contribution in [0.25, 0.3) is 0 Å². The summed E-state index contributed by atoms with van der Waals surface area (Å²) in [6.45, 7) is 4.10. The zero-order valence-electron chi connectivity index (χ0n) is 20.8. The molecule has 0 fully saturated rings. The lowest BCUT2D eigenvalue weighted by atomic mass is 10.0. The van der Waals surface area contributed by atoms with Crippen molar-refractivity contribution in [1.29, 1.82) is 0 Å². The number of carbonyl (C=O) groups excluding carboxylic acids is 2. The molecule has 3 rings (SSSR count). The Bertz CT molecular complexity index is 1190. The first kappa shape index (κ1) is 28.4. The molecule has 0 aromatic heterocycles. The summed E-state index contributed by atoms with van der Waals surface area (Å²) in [5, 5.41) is 13.9. The van der Waals surface area contributed by atoms with Gasteiger partial charge in [0.05, 0.1) is 10.7 Å². The molecule has 3 aromatic carbocycles. The number of amides is 2. The van der Waals surface area contributed by atoms with E-state index in [4.69, 9.17) is 0 Å². The third-order valence-electron chi connectivity index (χ3n) is 5.61. The van der Waals surface area contributed by atoms with Crippen LogP contribution in [0.1, 0.15) is 30.5 Å². The van der Waals surface area contributed by atoms with Gasteiger partial charge in [-0.3, -0.25) is 19.7 Å². The molecule has 0 saturated carbocycles. The van der Waals surface area contributed by atoms with Crippen LogP contribution in [0, 0.1) is 10.1 Å². The van der Waals surface area contributed by atoms with Crippen molar-refractivity contribution in [3.63, 3.8) is 0 Å². The number of non-ortho nitro benzene ring substituents is 1. The molecule has 1 N–H and O–H groups in total. The fourth-order valence-electron chi connectivity index (χ4n) is 3.77. The largest absolute Gasteiger partial charge is 0.352 e. The molecule has 0 heterocycles. The molecule has 7 nitrogen and oxygen atoms in total. The van der Waals surface area contributed by atoms with Crippen molar-refractivity contribution in [3.05, 3.63) is 110 Å². The van der Waals surface area contributed by atoms with Crippen molar-refractivity contribution < 1.29 is 14.5 Å². The lowest BCUT2D eigenvalue weighted by Gasteiger charge is -2.32. The van der Waals surface area contributed by atoms with E-state index < -0.39 is 11.0 Å². The Kier molecular flexibility index (Phi) is 10.7. The number of rotatable bonds is 12. The molecule has 0 bridgehead atoms. The second-order valence-electron chi connectivity index (χ2n) is 8.93. The van der Waals surface area contributed by atoms with Crippen molar-refractivity contribution in [1.82, 2.24) is 10.2 Å². The number of nitro groups is 1. The molecule has 0 radical (unpaired) electrons. The molecule has 0 unspecified atom stereocenters. The number of nitrogens with zero attached hydrogens (tertiary/aromatic N) is 2. The smallest absolute Gasteiger partial charge is 0.269 e. The van der Waals surface area contributed by atoms with Crippen molar-refractivity contribution >= 4 is 45.2 Å². The van der Waals surface area contributed by atoms with Gasteiger partial charge in [-0.1, -0.05) is 70.5 Å². The summed E-state index contributed by atoms with van der Waals surface area (Å²) in [6.07, 6.45) is 0.398. The Labute approximate surface area is 229 Å². The van der Waals surface area contributed by atoms with Crippen LogP contribution in [-0.4, -0.2) is 39.5 Å². The summed E-state index contributed by atoms with van der Waals surface area (Å²) in [7, 11) is 0. The van der Waals surface area contributed by atoms with Crippen LogP contribution in [0.3, 0.4) is 0 Å². The molecule has 0 saturated heterocycles. The average molecular weight is 585 g/mol. The number of hydrogen-bond acceptors (Lipinski definition) is 5. The highest BCUT2D eigenvalue weighted by molar-refractivity contribution is 9.10. The molecule has 37 heavy (non-hydrogen) atoms. The van der Waals surface area contributed by atoms with E-state index >= 15 is 0 Å². The third kappa shape index (κ3) is 9.02. The van der Waals surface area contributed by atoms with Gasteiger partial charge in [0.1, 0.15) is 6.04 Å². The molecule has 0 aliphatic carbocycles. The molecule has 1 atom stereocenters. The number of thioether (sulfide) groups is 1. The van der Waals surface area contributed by atoms with E-state index in [-0.39, 0.29) is 29.3 Å². The van der Waals surface area contributed by atoms with Gasteiger partial charge in [0.25, 0.3) is 5.69 Å². The predicted octanol–water partition coefficient (Wildman–Crippen LogP) is 5.76. The molecular weight excluding hydrogens is 554 g/mol.